The van der Waals surface area contributed by atoms with Gasteiger partial charge < -0.3 is 15.0 Å². The lowest BCUT2D eigenvalue weighted by atomic mass is 9.85. The predicted octanol–water partition coefficient (Wildman–Crippen LogP) is 5.78. The van der Waals surface area contributed by atoms with Crippen molar-refractivity contribution in [2.45, 2.75) is 59.2 Å². The molecule has 0 amide bonds. The van der Waals surface area contributed by atoms with Gasteiger partial charge in [0.25, 0.3) is 0 Å². The number of hydrogen-bond acceptors (Lipinski definition) is 3. The topological polar surface area (TPSA) is 57.2 Å². The van der Waals surface area contributed by atoms with Gasteiger partial charge >= 0.3 is 5.97 Å². The first-order valence-corrected chi connectivity index (χ1v) is 10.9. The number of aromatic nitrogens is 1. The number of fused-ring (bicyclic) bond motifs is 1. The number of alkyl halides is 1. The van der Waals surface area contributed by atoms with Gasteiger partial charge in [0.1, 0.15) is 6.17 Å². The fourth-order valence-electron chi connectivity index (χ4n) is 4.03. The van der Waals surface area contributed by atoms with Gasteiger partial charge in [0, 0.05) is 22.2 Å². The Morgan fingerprint density at radius 2 is 1.94 bits per heavy atom. The van der Waals surface area contributed by atoms with Crippen LogP contribution >= 0.6 is 0 Å². The SMILES string of the molecule is CCOC(=O)c1ccc2c(c1)c(-c1cccc(C(C)(C)C)c1)c(C)n2CC(F)CCN. The molecule has 0 saturated carbocycles. The number of hydrogen-bond donors (Lipinski definition) is 1. The molecule has 5 heteroatoms. The Labute approximate surface area is 184 Å². The summed E-state index contributed by atoms with van der Waals surface area (Å²) < 4.78 is 21.8. The van der Waals surface area contributed by atoms with Gasteiger partial charge in [-0.25, -0.2) is 9.18 Å². The summed E-state index contributed by atoms with van der Waals surface area (Å²) in [6.45, 7) is 11.2. The van der Waals surface area contributed by atoms with E-state index >= 15 is 0 Å². The molecule has 1 atom stereocenters. The number of rotatable bonds is 7. The van der Waals surface area contributed by atoms with E-state index in [9.17, 15) is 9.18 Å². The molecule has 1 aromatic heterocycles. The molecule has 3 rings (SSSR count). The molecule has 166 valence electrons. The number of nitrogens with two attached hydrogens (primary N) is 1. The summed E-state index contributed by atoms with van der Waals surface area (Å²) >= 11 is 0. The average molecular weight is 425 g/mol. The molecule has 3 aromatic rings. The van der Waals surface area contributed by atoms with Gasteiger partial charge in [0.05, 0.1) is 18.7 Å². The third-order valence-corrected chi connectivity index (χ3v) is 5.71. The van der Waals surface area contributed by atoms with Crippen LogP contribution in [0.15, 0.2) is 42.5 Å². The van der Waals surface area contributed by atoms with E-state index < -0.39 is 6.17 Å². The van der Waals surface area contributed by atoms with Crippen molar-refractivity contribution in [1.29, 1.82) is 0 Å². The fourth-order valence-corrected chi connectivity index (χ4v) is 4.03. The van der Waals surface area contributed by atoms with Gasteiger partial charge in [-0.3, -0.25) is 0 Å². The first-order valence-electron chi connectivity index (χ1n) is 10.9. The number of nitrogens with zero attached hydrogens (tertiary/aromatic N) is 1. The third-order valence-electron chi connectivity index (χ3n) is 5.71. The molecule has 0 saturated heterocycles. The summed E-state index contributed by atoms with van der Waals surface area (Å²) in [6.07, 6.45) is -0.715. The molecule has 1 unspecified atom stereocenters. The van der Waals surface area contributed by atoms with Crippen LogP contribution in [0, 0.1) is 6.92 Å². The first-order chi connectivity index (χ1) is 14.7. The highest BCUT2D eigenvalue weighted by atomic mass is 19.1. The molecule has 0 aliphatic rings. The van der Waals surface area contributed by atoms with Crippen molar-refractivity contribution in [2.24, 2.45) is 5.73 Å². The number of carbonyl (C=O) groups excluding carboxylic acids is 1. The van der Waals surface area contributed by atoms with Gasteiger partial charge in [-0.05, 0) is 61.6 Å². The quantitative estimate of drug-likeness (QED) is 0.489. The van der Waals surface area contributed by atoms with Crippen LogP contribution in [-0.4, -0.2) is 29.9 Å². The van der Waals surface area contributed by atoms with E-state index in [0.717, 1.165) is 27.7 Å². The highest BCUT2D eigenvalue weighted by Gasteiger charge is 2.21. The molecule has 0 aliphatic heterocycles. The molecule has 2 N–H and O–H groups in total. The summed E-state index contributed by atoms with van der Waals surface area (Å²) in [5.74, 6) is -0.351. The summed E-state index contributed by atoms with van der Waals surface area (Å²) in [4.78, 5) is 12.4. The van der Waals surface area contributed by atoms with Crippen LogP contribution in [0.5, 0.6) is 0 Å². The van der Waals surface area contributed by atoms with E-state index in [-0.39, 0.29) is 17.9 Å². The Balaban J connectivity index is 2.24. The van der Waals surface area contributed by atoms with E-state index in [1.165, 1.54) is 5.56 Å². The lowest BCUT2D eigenvalue weighted by Crippen LogP contribution is -2.16. The molecule has 31 heavy (non-hydrogen) atoms. The number of ether oxygens (including phenoxy) is 1. The third kappa shape index (κ3) is 4.82. The van der Waals surface area contributed by atoms with Crippen LogP contribution in [0.2, 0.25) is 0 Å². The Kier molecular flexibility index (Phi) is 6.85. The van der Waals surface area contributed by atoms with Crippen molar-refractivity contribution in [3.8, 4) is 11.1 Å². The molecule has 1 heterocycles. The van der Waals surface area contributed by atoms with Crippen LogP contribution < -0.4 is 5.73 Å². The van der Waals surface area contributed by atoms with Gasteiger partial charge in [-0.15, -0.1) is 0 Å². The van der Waals surface area contributed by atoms with Crippen LogP contribution in [0.4, 0.5) is 4.39 Å². The Morgan fingerprint density at radius 3 is 2.58 bits per heavy atom. The Bertz CT molecular complexity index is 1080. The number of benzene rings is 2. The molecule has 0 radical (unpaired) electrons. The lowest BCUT2D eigenvalue weighted by Gasteiger charge is -2.20. The second-order valence-electron chi connectivity index (χ2n) is 9.03. The maximum Gasteiger partial charge on any atom is 0.338 e. The van der Waals surface area contributed by atoms with Gasteiger partial charge in [-0.2, -0.15) is 0 Å². The molecule has 0 aliphatic carbocycles. The minimum absolute atomic E-state index is 0.00351. The van der Waals surface area contributed by atoms with Crippen molar-refractivity contribution in [2.75, 3.05) is 13.2 Å². The second kappa shape index (κ2) is 9.23. The molecule has 4 nitrogen and oxygen atoms in total. The van der Waals surface area contributed by atoms with E-state index in [1.807, 2.05) is 23.6 Å². The Morgan fingerprint density at radius 1 is 1.19 bits per heavy atom. The van der Waals surface area contributed by atoms with Crippen molar-refractivity contribution in [3.05, 3.63) is 59.3 Å². The molecule has 0 bridgehead atoms. The summed E-state index contributed by atoms with van der Waals surface area (Å²) in [5.41, 5.74) is 11.2. The van der Waals surface area contributed by atoms with E-state index in [0.29, 0.717) is 25.1 Å². The highest BCUT2D eigenvalue weighted by Crippen LogP contribution is 2.37. The predicted molar refractivity (Wildman–Crippen MR) is 125 cm³/mol. The van der Waals surface area contributed by atoms with Gasteiger partial charge in [-0.1, -0.05) is 45.0 Å². The molecule has 0 fully saturated rings. The number of esters is 1. The van der Waals surface area contributed by atoms with Crippen molar-refractivity contribution < 1.29 is 13.9 Å². The van der Waals surface area contributed by atoms with Gasteiger partial charge in [0.2, 0.25) is 0 Å². The number of halogens is 1. The normalized spacial score (nSPS) is 12.9. The van der Waals surface area contributed by atoms with Crippen LogP contribution in [-0.2, 0) is 16.7 Å². The first kappa shape index (κ1) is 23.0. The minimum Gasteiger partial charge on any atom is -0.462 e. The summed E-state index contributed by atoms with van der Waals surface area (Å²) in [6, 6.07) is 14.0. The van der Waals surface area contributed by atoms with Crippen LogP contribution in [0.1, 0.15) is 55.7 Å². The standard InChI is InChI=1S/C26H33FN2O2/c1-6-31-25(30)19-10-11-23-22(15-19)24(17(2)29(23)16-21(27)12-13-28)18-8-7-9-20(14-18)26(3,4)5/h7-11,14-15,21H,6,12-13,16,28H2,1-5H3. The van der Waals surface area contributed by atoms with Crippen LogP contribution in [0.25, 0.3) is 22.0 Å². The summed E-state index contributed by atoms with van der Waals surface area (Å²) in [5, 5.41) is 0.925. The Hall–Kier alpha value is -2.66. The van der Waals surface area contributed by atoms with Crippen molar-refractivity contribution in [1.82, 2.24) is 4.57 Å². The van der Waals surface area contributed by atoms with E-state index in [4.69, 9.17) is 10.5 Å². The molecule has 0 spiro atoms. The smallest absolute Gasteiger partial charge is 0.338 e. The van der Waals surface area contributed by atoms with E-state index in [1.54, 1.807) is 13.0 Å². The van der Waals surface area contributed by atoms with Crippen LogP contribution in [0.3, 0.4) is 0 Å². The maximum atomic E-state index is 14.6. The fraction of sp³-hybridized carbons (Fsp3) is 0.423. The van der Waals surface area contributed by atoms with E-state index in [2.05, 4.69) is 45.0 Å². The summed E-state index contributed by atoms with van der Waals surface area (Å²) in [7, 11) is 0. The van der Waals surface area contributed by atoms with Crippen molar-refractivity contribution >= 4 is 16.9 Å². The maximum absolute atomic E-state index is 14.6. The zero-order valence-corrected chi connectivity index (χ0v) is 19.2. The molecule has 2 aromatic carbocycles. The molecular formula is C26H33FN2O2. The average Bonchev–Trinajstić information content (AvgIpc) is 2.98. The number of carbonyl (C=O) groups is 1. The highest BCUT2D eigenvalue weighted by molar-refractivity contribution is 6.02. The lowest BCUT2D eigenvalue weighted by molar-refractivity contribution is 0.0526. The zero-order valence-electron chi connectivity index (χ0n) is 19.2. The monoisotopic (exact) mass is 424 g/mol. The van der Waals surface area contributed by atoms with Crippen molar-refractivity contribution in [3.63, 3.8) is 0 Å². The molecular weight excluding hydrogens is 391 g/mol. The second-order valence-corrected chi connectivity index (χ2v) is 9.03. The zero-order chi connectivity index (χ0) is 22.8. The van der Waals surface area contributed by atoms with Gasteiger partial charge in [0.15, 0.2) is 0 Å². The largest absolute Gasteiger partial charge is 0.462 e. The minimum atomic E-state index is -1.03.